The van der Waals surface area contributed by atoms with Crippen LogP contribution < -0.4 is 0 Å². The summed E-state index contributed by atoms with van der Waals surface area (Å²) < 4.78 is 1.54. The molecule has 7 heavy (non-hydrogen) atoms. The summed E-state index contributed by atoms with van der Waals surface area (Å²) in [6, 6.07) is 0. The molecule has 0 aliphatic heterocycles. The van der Waals surface area contributed by atoms with Gasteiger partial charge in [0.2, 0.25) is 0 Å². The monoisotopic (exact) mass is 352 g/mol. The molecule has 0 saturated carbocycles. The molecule has 40 valence electrons. The van der Waals surface area contributed by atoms with Gasteiger partial charge in [0, 0.05) is 0 Å². The van der Waals surface area contributed by atoms with Gasteiger partial charge < -0.3 is 0 Å². The zero-order valence-electron chi connectivity index (χ0n) is 5.08. The fourth-order valence-electron chi connectivity index (χ4n) is 0.485. The molecule has 0 rings (SSSR count). The third-order valence-corrected chi connectivity index (χ3v) is 8.46. The number of hydrogen-bond donors (Lipinski definition) is 0. The van der Waals surface area contributed by atoms with Crippen LogP contribution in [-0.2, 0) is 22.1 Å². The van der Waals surface area contributed by atoms with Gasteiger partial charge in [-0.1, -0.05) is 0 Å². The third-order valence-electron chi connectivity index (χ3n) is 0.915. The normalized spacial score (nSPS) is 9.14. The summed E-state index contributed by atoms with van der Waals surface area (Å²) in [4.78, 5) is 0. The van der Waals surface area contributed by atoms with Crippen molar-refractivity contribution in [2.24, 2.45) is 5.92 Å². The van der Waals surface area contributed by atoms with Crippen molar-refractivity contribution < 1.29 is 22.1 Å². The molecule has 0 fully saturated rings. The summed E-state index contributed by atoms with van der Waals surface area (Å²) in [7, 11) is 0. The number of halogens is 1. The van der Waals surface area contributed by atoms with E-state index in [1.54, 1.807) is 0 Å². The molecule has 0 aromatic rings. The average molecular weight is 352 g/mol. The van der Waals surface area contributed by atoms with Gasteiger partial charge >= 0.3 is 64.2 Å². The molecule has 2 heteroatoms. The number of hydrogen-bond acceptors (Lipinski definition) is 0. The van der Waals surface area contributed by atoms with E-state index in [1.165, 1.54) is 10.4 Å². The van der Waals surface area contributed by atoms with Crippen molar-refractivity contribution in [1.29, 1.82) is 0 Å². The van der Waals surface area contributed by atoms with E-state index in [-0.39, 0.29) is 0 Å². The zero-order valence-corrected chi connectivity index (χ0v) is 12.2. The maximum atomic E-state index is 3.60. The van der Waals surface area contributed by atoms with Gasteiger partial charge in [0.15, 0.2) is 0 Å². The number of rotatable bonds is 3. The second-order valence-electron chi connectivity index (χ2n) is 2.23. The van der Waals surface area contributed by atoms with E-state index in [2.05, 4.69) is 25.8 Å². The molecule has 0 amide bonds. The van der Waals surface area contributed by atoms with Crippen LogP contribution in [0.5, 0.6) is 0 Å². The fraction of sp³-hybridized carbons (Fsp3) is 1.00. The summed E-state index contributed by atoms with van der Waals surface area (Å²) in [6.07, 6.45) is 1.45. The molecule has 0 spiro atoms. The molecular formula is C5H11BrHg. The van der Waals surface area contributed by atoms with Crippen LogP contribution >= 0.6 is 11.9 Å². The van der Waals surface area contributed by atoms with Gasteiger partial charge in [0.05, 0.1) is 0 Å². The predicted molar refractivity (Wildman–Crippen MR) is 33.2 cm³/mol. The van der Waals surface area contributed by atoms with Gasteiger partial charge in [0.25, 0.3) is 0 Å². The molecular weight excluding hydrogens is 341 g/mol. The minimum absolute atomic E-state index is 0.401. The Kier molecular flexibility index (Phi) is 6.67. The van der Waals surface area contributed by atoms with Crippen LogP contribution in [0.3, 0.4) is 0 Å². The van der Waals surface area contributed by atoms with Crippen LogP contribution in [0.4, 0.5) is 0 Å². The Morgan fingerprint density at radius 3 is 2.29 bits per heavy atom. The molecule has 0 nitrogen and oxygen atoms in total. The summed E-state index contributed by atoms with van der Waals surface area (Å²) in [5, 5.41) is 0. The summed E-state index contributed by atoms with van der Waals surface area (Å²) in [5.74, 6) is 0.928. The van der Waals surface area contributed by atoms with Crippen molar-refractivity contribution >= 4 is 11.9 Å². The predicted octanol–water partition coefficient (Wildman–Crippen LogP) is 2.84. The first-order valence-electron chi connectivity index (χ1n) is 2.83. The molecule has 0 heterocycles. The second-order valence-corrected chi connectivity index (χ2v) is 13.4. The average Bonchev–Trinajstić information content (AvgIpc) is 1.61. The molecule has 0 aliphatic carbocycles. The van der Waals surface area contributed by atoms with Gasteiger partial charge in [-0.05, 0) is 0 Å². The van der Waals surface area contributed by atoms with Gasteiger partial charge in [-0.3, -0.25) is 0 Å². The first-order chi connectivity index (χ1) is 3.27. The van der Waals surface area contributed by atoms with Crippen molar-refractivity contribution in [2.45, 2.75) is 24.2 Å². The molecule has 0 atom stereocenters. The van der Waals surface area contributed by atoms with Gasteiger partial charge in [-0.2, -0.15) is 0 Å². The molecule has 0 saturated heterocycles. The Labute approximate surface area is 63.8 Å². The van der Waals surface area contributed by atoms with Gasteiger partial charge in [0.1, 0.15) is 0 Å². The topological polar surface area (TPSA) is 0 Å². The van der Waals surface area contributed by atoms with E-state index >= 15 is 0 Å². The SMILES string of the molecule is CC(C)C[CH2][Hg][Br]. The van der Waals surface area contributed by atoms with E-state index in [1.807, 2.05) is 0 Å². The molecule has 0 aromatic carbocycles. The van der Waals surface area contributed by atoms with Crippen molar-refractivity contribution in [2.75, 3.05) is 0 Å². The third kappa shape index (κ3) is 7.42. The summed E-state index contributed by atoms with van der Waals surface area (Å²) >= 11 is 3.20. The Morgan fingerprint density at radius 1 is 1.57 bits per heavy atom. The standard InChI is InChI=1S/C5H11.BrH.Hg/c1-4-5(2)3;;/h5H,1,4H2,2-3H3;1H;/q;;+1/p-1. The zero-order chi connectivity index (χ0) is 5.70. The van der Waals surface area contributed by atoms with E-state index in [9.17, 15) is 0 Å². The molecule has 0 N–H and O–H groups in total. The molecule has 0 radical (unpaired) electrons. The van der Waals surface area contributed by atoms with Crippen LogP contribution in [0.1, 0.15) is 20.3 Å². The van der Waals surface area contributed by atoms with Crippen LogP contribution in [0.25, 0.3) is 0 Å². The molecule has 0 bridgehead atoms. The van der Waals surface area contributed by atoms with E-state index in [0.717, 1.165) is 5.92 Å². The molecule has 0 unspecified atom stereocenters. The van der Waals surface area contributed by atoms with Crippen LogP contribution in [0, 0.1) is 5.92 Å². The Bertz CT molecular complexity index is 37.1. The van der Waals surface area contributed by atoms with Crippen molar-refractivity contribution in [3.63, 3.8) is 0 Å². The quantitative estimate of drug-likeness (QED) is 0.686. The Hall–Kier alpha value is 1.42. The Morgan fingerprint density at radius 2 is 2.14 bits per heavy atom. The van der Waals surface area contributed by atoms with Crippen LogP contribution in [0.15, 0.2) is 0 Å². The fourth-order valence-corrected chi connectivity index (χ4v) is 7.10. The minimum atomic E-state index is -0.401. The van der Waals surface area contributed by atoms with Gasteiger partial charge in [-0.15, -0.1) is 0 Å². The van der Waals surface area contributed by atoms with E-state index < -0.39 is 22.1 Å². The molecule has 0 aliphatic rings. The van der Waals surface area contributed by atoms with Crippen molar-refractivity contribution in [3.8, 4) is 0 Å². The summed E-state index contributed by atoms with van der Waals surface area (Å²) in [5.41, 5.74) is 0. The van der Waals surface area contributed by atoms with E-state index in [0.29, 0.717) is 0 Å². The first kappa shape index (κ1) is 8.42. The van der Waals surface area contributed by atoms with Crippen molar-refractivity contribution in [3.05, 3.63) is 0 Å². The molecule has 0 aromatic heterocycles. The van der Waals surface area contributed by atoms with Gasteiger partial charge in [-0.25, -0.2) is 0 Å². The van der Waals surface area contributed by atoms with Crippen LogP contribution in [-0.4, -0.2) is 0 Å². The second kappa shape index (κ2) is 5.55. The first-order valence-corrected chi connectivity index (χ1v) is 18.6. The Balaban J connectivity index is 2.68. The summed E-state index contributed by atoms with van der Waals surface area (Å²) in [6.45, 7) is 4.58. The van der Waals surface area contributed by atoms with E-state index in [4.69, 9.17) is 0 Å². The maximum absolute atomic E-state index is 3.60. The van der Waals surface area contributed by atoms with Crippen LogP contribution in [0.2, 0.25) is 3.93 Å². The van der Waals surface area contributed by atoms with Crippen molar-refractivity contribution in [1.82, 2.24) is 0 Å².